The van der Waals surface area contributed by atoms with Crippen LogP contribution in [0.1, 0.15) is 30.9 Å². The Kier molecular flexibility index (Phi) is 4.02. The fourth-order valence-electron chi connectivity index (χ4n) is 1.42. The van der Waals surface area contributed by atoms with E-state index in [0.29, 0.717) is 11.0 Å². The normalized spacial score (nSPS) is 11.0. The van der Waals surface area contributed by atoms with E-state index in [0.717, 1.165) is 10.1 Å². The highest BCUT2D eigenvalue weighted by Gasteiger charge is 2.03. The average Bonchev–Trinajstić information content (AvgIpc) is 2.73. The molecule has 0 bridgehead atoms. The maximum atomic E-state index is 5.53. The Hall–Kier alpha value is -1.07. The van der Waals surface area contributed by atoms with Crippen molar-refractivity contribution in [2.45, 2.75) is 29.9 Å². The van der Waals surface area contributed by atoms with Gasteiger partial charge in [0.1, 0.15) is 0 Å². The molecule has 17 heavy (non-hydrogen) atoms. The largest absolute Gasteiger partial charge is 0.374 e. The van der Waals surface area contributed by atoms with E-state index in [9.17, 15) is 0 Å². The number of aromatic nitrogens is 2. The molecule has 0 saturated heterocycles. The van der Waals surface area contributed by atoms with E-state index in [1.165, 1.54) is 22.5 Å². The fraction of sp³-hybridized carbons (Fsp3) is 0.333. The molecule has 0 aliphatic carbocycles. The highest BCUT2D eigenvalue weighted by molar-refractivity contribution is 8.00. The fourth-order valence-corrected chi connectivity index (χ4v) is 3.01. The summed E-state index contributed by atoms with van der Waals surface area (Å²) in [5.74, 6) is 1.49. The van der Waals surface area contributed by atoms with Gasteiger partial charge in [-0.25, -0.2) is 0 Å². The first kappa shape index (κ1) is 12.4. The van der Waals surface area contributed by atoms with Gasteiger partial charge in [-0.05, 0) is 17.0 Å². The Balaban J connectivity index is 1.95. The molecule has 1 aromatic carbocycles. The van der Waals surface area contributed by atoms with Crippen molar-refractivity contribution in [1.29, 1.82) is 0 Å². The van der Waals surface area contributed by atoms with Crippen molar-refractivity contribution in [3.63, 3.8) is 0 Å². The molecule has 0 aliphatic heterocycles. The molecule has 0 amide bonds. The van der Waals surface area contributed by atoms with E-state index >= 15 is 0 Å². The highest BCUT2D eigenvalue weighted by atomic mass is 32.2. The van der Waals surface area contributed by atoms with Crippen molar-refractivity contribution in [2.24, 2.45) is 0 Å². The molecule has 2 rings (SSSR count). The average molecular weight is 265 g/mol. The third kappa shape index (κ3) is 3.44. The molecule has 2 N–H and O–H groups in total. The number of hydrogen-bond acceptors (Lipinski definition) is 5. The second-order valence-corrected chi connectivity index (χ2v) is 6.32. The van der Waals surface area contributed by atoms with Crippen LogP contribution in [-0.2, 0) is 5.75 Å². The number of anilines is 1. The zero-order valence-electron chi connectivity index (χ0n) is 9.88. The van der Waals surface area contributed by atoms with E-state index < -0.39 is 0 Å². The summed E-state index contributed by atoms with van der Waals surface area (Å²) in [5, 5.41) is 8.31. The van der Waals surface area contributed by atoms with Crippen molar-refractivity contribution in [1.82, 2.24) is 10.2 Å². The highest BCUT2D eigenvalue weighted by Crippen LogP contribution is 2.27. The molecule has 5 heteroatoms. The number of hydrogen-bond donors (Lipinski definition) is 1. The van der Waals surface area contributed by atoms with Gasteiger partial charge in [0, 0.05) is 5.75 Å². The molecule has 0 atom stereocenters. The Labute approximate surface area is 109 Å². The molecule has 0 spiro atoms. The lowest BCUT2D eigenvalue weighted by molar-refractivity contribution is 0.866. The molecule has 1 heterocycles. The SMILES string of the molecule is CC(C)c1ccc(CSc2nnc(N)s2)cc1. The van der Waals surface area contributed by atoms with Crippen molar-refractivity contribution in [2.75, 3.05) is 5.73 Å². The van der Waals surface area contributed by atoms with Gasteiger partial charge >= 0.3 is 0 Å². The molecule has 0 aliphatic rings. The van der Waals surface area contributed by atoms with Crippen LogP contribution in [0, 0.1) is 0 Å². The zero-order chi connectivity index (χ0) is 12.3. The summed E-state index contributed by atoms with van der Waals surface area (Å²) in [5.41, 5.74) is 8.21. The first-order valence-corrected chi connectivity index (χ1v) is 7.26. The number of nitrogens with zero attached hydrogens (tertiary/aromatic N) is 2. The Morgan fingerprint density at radius 2 is 1.94 bits per heavy atom. The van der Waals surface area contributed by atoms with Gasteiger partial charge < -0.3 is 5.73 Å². The maximum Gasteiger partial charge on any atom is 0.203 e. The monoisotopic (exact) mass is 265 g/mol. The van der Waals surface area contributed by atoms with Crippen LogP contribution >= 0.6 is 23.1 Å². The molecule has 0 unspecified atom stereocenters. The van der Waals surface area contributed by atoms with Crippen LogP contribution in [-0.4, -0.2) is 10.2 Å². The first-order chi connectivity index (χ1) is 8.15. The second-order valence-electron chi connectivity index (χ2n) is 4.09. The van der Waals surface area contributed by atoms with Gasteiger partial charge in [0.2, 0.25) is 5.13 Å². The van der Waals surface area contributed by atoms with Gasteiger partial charge in [0.15, 0.2) is 4.34 Å². The summed E-state index contributed by atoms with van der Waals surface area (Å²) in [6, 6.07) is 8.73. The van der Waals surface area contributed by atoms with E-state index in [1.54, 1.807) is 11.8 Å². The third-order valence-electron chi connectivity index (χ3n) is 2.43. The maximum absolute atomic E-state index is 5.53. The number of nitrogen functional groups attached to an aromatic ring is 1. The lowest BCUT2D eigenvalue weighted by Gasteiger charge is -2.05. The zero-order valence-corrected chi connectivity index (χ0v) is 11.5. The summed E-state index contributed by atoms with van der Waals surface area (Å²) >= 11 is 3.11. The van der Waals surface area contributed by atoms with Crippen LogP contribution in [0.4, 0.5) is 5.13 Å². The van der Waals surface area contributed by atoms with Crippen LogP contribution in [0.3, 0.4) is 0 Å². The van der Waals surface area contributed by atoms with Crippen LogP contribution in [0.2, 0.25) is 0 Å². The minimum absolute atomic E-state index is 0.530. The van der Waals surface area contributed by atoms with Crippen LogP contribution in [0.25, 0.3) is 0 Å². The van der Waals surface area contributed by atoms with Gasteiger partial charge in [-0.2, -0.15) is 0 Å². The Morgan fingerprint density at radius 3 is 2.47 bits per heavy atom. The minimum atomic E-state index is 0.530. The smallest absolute Gasteiger partial charge is 0.203 e. The second kappa shape index (κ2) is 5.51. The van der Waals surface area contributed by atoms with Crippen molar-refractivity contribution in [3.05, 3.63) is 35.4 Å². The predicted molar refractivity (Wildman–Crippen MR) is 74.4 cm³/mol. The molecule has 1 aromatic heterocycles. The summed E-state index contributed by atoms with van der Waals surface area (Å²) in [6.07, 6.45) is 0. The van der Waals surface area contributed by atoms with Gasteiger partial charge in [0.25, 0.3) is 0 Å². The standard InChI is InChI=1S/C12H15N3S2/c1-8(2)10-5-3-9(4-6-10)7-16-12-15-14-11(13)17-12/h3-6,8H,7H2,1-2H3,(H2,13,14). The van der Waals surface area contributed by atoms with E-state index in [2.05, 4.69) is 48.3 Å². The van der Waals surface area contributed by atoms with Gasteiger partial charge in [-0.1, -0.05) is 61.2 Å². The summed E-state index contributed by atoms with van der Waals surface area (Å²) in [7, 11) is 0. The lowest BCUT2D eigenvalue weighted by Crippen LogP contribution is -1.87. The molecule has 0 saturated carbocycles. The molecule has 0 radical (unpaired) electrons. The molecule has 3 nitrogen and oxygen atoms in total. The number of thioether (sulfide) groups is 1. The summed E-state index contributed by atoms with van der Waals surface area (Å²) in [6.45, 7) is 4.40. The van der Waals surface area contributed by atoms with Gasteiger partial charge in [0.05, 0.1) is 0 Å². The third-order valence-corrected chi connectivity index (χ3v) is 4.39. The van der Waals surface area contributed by atoms with Crippen LogP contribution in [0.15, 0.2) is 28.6 Å². The molecule has 90 valence electrons. The first-order valence-electron chi connectivity index (χ1n) is 5.46. The summed E-state index contributed by atoms with van der Waals surface area (Å²) < 4.78 is 0.926. The van der Waals surface area contributed by atoms with E-state index in [1.807, 2.05) is 0 Å². The molecule has 2 aromatic rings. The lowest BCUT2D eigenvalue weighted by atomic mass is 10.0. The summed E-state index contributed by atoms with van der Waals surface area (Å²) in [4.78, 5) is 0. The van der Waals surface area contributed by atoms with Crippen molar-refractivity contribution >= 4 is 28.2 Å². The van der Waals surface area contributed by atoms with E-state index in [4.69, 9.17) is 5.73 Å². The van der Waals surface area contributed by atoms with Crippen LogP contribution < -0.4 is 5.73 Å². The van der Waals surface area contributed by atoms with Gasteiger partial charge in [-0.3, -0.25) is 0 Å². The Bertz CT molecular complexity index is 477. The molecule has 0 fully saturated rings. The van der Waals surface area contributed by atoms with Crippen molar-refractivity contribution < 1.29 is 0 Å². The number of rotatable bonds is 4. The minimum Gasteiger partial charge on any atom is -0.374 e. The van der Waals surface area contributed by atoms with Crippen molar-refractivity contribution in [3.8, 4) is 0 Å². The Morgan fingerprint density at radius 1 is 1.24 bits per heavy atom. The molecular weight excluding hydrogens is 250 g/mol. The van der Waals surface area contributed by atoms with Gasteiger partial charge in [-0.15, -0.1) is 10.2 Å². The quantitative estimate of drug-likeness (QED) is 0.859. The number of nitrogens with two attached hydrogens (primary N) is 1. The number of benzene rings is 1. The predicted octanol–water partition coefficient (Wildman–Crippen LogP) is 3.54. The molecular formula is C12H15N3S2. The van der Waals surface area contributed by atoms with E-state index in [-0.39, 0.29) is 0 Å². The topological polar surface area (TPSA) is 51.8 Å². The van der Waals surface area contributed by atoms with Crippen LogP contribution in [0.5, 0.6) is 0 Å².